The van der Waals surface area contributed by atoms with Crippen molar-refractivity contribution in [3.8, 4) is 0 Å². The van der Waals surface area contributed by atoms with Crippen LogP contribution in [-0.4, -0.2) is 37.2 Å². The van der Waals surface area contributed by atoms with Crippen molar-refractivity contribution in [1.29, 1.82) is 0 Å². The van der Waals surface area contributed by atoms with Crippen LogP contribution < -0.4 is 0 Å². The second-order valence-electron chi connectivity index (χ2n) is 24.5. The third-order valence-corrected chi connectivity index (χ3v) is 16.2. The maximum atomic E-state index is 13.0. The molecule has 0 N–H and O–H groups in total. The van der Waals surface area contributed by atoms with Crippen molar-refractivity contribution in [2.75, 3.05) is 13.2 Å². The van der Waals surface area contributed by atoms with Gasteiger partial charge in [-0.15, -0.1) is 0 Å². The molecule has 0 aromatic heterocycles. The second-order valence-corrected chi connectivity index (χ2v) is 24.5. The predicted molar refractivity (Wildman–Crippen MR) is 362 cm³/mol. The first-order valence-corrected chi connectivity index (χ1v) is 36.4. The van der Waals surface area contributed by atoms with E-state index >= 15 is 0 Å². The molecule has 0 heterocycles. The summed E-state index contributed by atoms with van der Waals surface area (Å²) in [6.45, 7) is 6.58. The number of rotatable bonds is 67. The van der Waals surface area contributed by atoms with Gasteiger partial charge in [0.2, 0.25) is 0 Å². The van der Waals surface area contributed by atoms with Crippen LogP contribution in [-0.2, 0) is 28.6 Å². The van der Waals surface area contributed by atoms with Crippen molar-refractivity contribution in [2.24, 2.45) is 0 Å². The Balaban J connectivity index is 4.32. The van der Waals surface area contributed by atoms with E-state index in [-0.39, 0.29) is 31.1 Å². The van der Waals surface area contributed by atoms with Gasteiger partial charge in [0.15, 0.2) is 6.10 Å². The maximum Gasteiger partial charge on any atom is 0.306 e. The van der Waals surface area contributed by atoms with Crippen LogP contribution in [0.3, 0.4) is 0 Å². The molecule has 0 spiro atoms. The van der Waals surface area contributed by atoms with Gasteiger partial charge in [-0.2, -0.15) is 0 Å². The fraction of sp³-hybridized carbons (Fsp3) is 0.805. The molecule has 1 atom stereocenters. The van der Waals surface area contributed by atoms with Crippen LogP contribution in [0.4, 0.5) is 0 Å². The van der Waals surface area contributed by atoms with Crippen LogP contribution in [0.2, 0.25) is 0 Å². The van der Waals surface area contributed by atoms with Crippen molar-refractivity contribution in [2.45, 2.75) is 386 Å². The zero-order chi connectivity index (χ0) is 59.9. The van der Waals surface area contributed by atoms with Gasteiger partial charge in [0, 0.05) is 19.3 Å². The minimum absolute atomic E-state index is 0.0717. The molecule has 6 heteroatoms. The number of ether oxygens (including phenoxy) is 3. The Bertz CT molecular complexity index is 1520. The number of esters is 3. The van der Waals surface area contributed by atoms with Gasteiger partial charge in [0.25, 0.3) is 0 Å². The minimum Gasteiger partial charge on any atom is -0.462 e. The molecule has 0 fully saturated rings. The quantitative estimate of drug-likeness (QED) is 0.0261. The van der Waals surface area contributed by atoms with Crippen molar-refractivity contribution in [3.63, 3.8) is 0 Å². The van der Waals surface area contributed by atoms with Gasteiger partial charge in [0.05, 0.1) is 0 Å². The zero-order valence-corrected chi connectivity index (χ0v) is 55.5. The van der Waals surface area contributed by atoms with E-state index in [1.165, 1.54) is 250 Å². The first kappa shape index (κ1) is 79.8. The second kappa shape index (κ2) is 71.3. The van der Waals surface area contributed by atoms with E-state index in [0.29, 0.717) is 19.3 Å². The lowest BCUT2D eigenvalue weighted by Crippen LogP contribution is -2.30. The molecule has 0 saturated heterocycles. The van der Waals surface area contributed by atoms with Gasteiger partial charge >= 0.3 is 17.9 Å². The number of unbranched alkanes of at least 4 members (excludes halogenated alkanes) is 44. The van der Waals surface area contributed by atoms with Crippen LogP contribution in [0.25, 0.3) is 0 Å². The highest BCUT2D eigenvalue weighted by atomic mass is 16.6. The number of carbonyl (C=O) groups excluding carboxylic acids is 3. The van der Waals surface area contributed by atoms with E-state index in [2.05, 4.69) is 93.7 Å². The van der Waals surface area contributed by atoms with Gasteiger partial charge in [0.1, 0.15) is 13.2 Å². The summed E-state index contributed by atoms with van der Waals surface area (Å²) in [6, 6.07) is 0. The van der Waals surface area contributed by atoms with Gasteiger partial charge in [-0.25, -0.2) is 0 Å². The van der Waals surface area contributed by atoms with Gasteiger partial charge < -0.3 is 14.2 Å². The highest BCUT2D eigenvalue weighted by Gasteiger charge is 2.19. The Hall–Kier alpha value is -3.15. The molecule has 0 bridgehead atoms. The monoisotopic (exact) mass is 1160 g/mol. The molecule has 1 unspecified atom stereocenters. The zero-order valence-electron chi connectivity index (χ0n) is 55.5. The SMILES string of the molecule is CC/C=C\C/C=C\C/C=C\C/C=C\CCCCCCCCCCCCCCC(=O)OCC(COC(=O)CCCCCCCCCCCCCCCCCCC)OC(=O)CCCCCCCCCCCCC/C=C\C/C=C\CCCCCCC. The van der Waals surface area contributed by atoms with Crippen molar-refractivity contribution >= 4 is 17.9 Å². The van der Waals surface area contributed by atoms with Gasteiger partial charge in [-0.1, -0.05) is 344 Å². The maximum absolute atomic E-state index is 13.0. The summed E-state index contributed by atoms with van der Waals surface area (Å²) in [4.78, 5) is 38.5. The highest BCUT2D eigenvalue weighted by Crippen LogP contribution is 2.18. The molecule has 0 saturated carbocycles. The molecule has 0 amide bonds. The van der Waals surface area contributed by atoms with E-state index in [4.69, 9.17) is 14.2 Å². The van der Waals surface area contributed by atoms with E-state index in [1.807, 2.05) is 0 Å². The first-order valence-electron chi connectivity index (χ1n) is 36.4. The number of hydrogen-bond acceptors (Lipinski definition) is 6. The molecular weight excluding hydrogens is 1020 g/mol. The van der Waals surface area contributed by atoms with Crippen LogP contribution >= 0.6 is 0 Å². The van der Waals surface area contributed by atoms with E-state index in [0.717, 1.165) is 89.9 Å². The van der Waals surface area contributed by atoms with Crippen molar-refractivity contribution in [1.82, 2.24) is 0 Å². The Morgan fingerprint density at radius 1 is 0.253 bits per heavy atom. The van der Waals surface area contributed by atoms with Crippen LogP contribution in [0.5, 0.6) is 0 Å². The summed E-state index contributed by atoms with van der Waals surface area (Å²) in [5.41, 5.74) is 0. The molecule has 6 nitrogen and oxygen atoms in total. The third kappa shape index (κ3) is 69.5. The molecular formula is C77H138O6. The van der Waals surface area contributed by atoms with Crippen molar-refractivity contribution < 1.29 is 28.6 Å². The van der Waals surface area contributed by atoms with Gasteiger partial charge in [-0.05, 0) is 89.9 Å². The van der Waals surface area contributed by atoms with Crippen LogP contribution in [0.15, 0.2) is 72.9 Å². The molecule has 0 rings (SSSR count). The van der Waals surface area contributed by atoms with Crippen molar-refractivity contribution in [3.05, 3.63) is 72.9 Å². The molecule has 83 heavy (non-hydrogen) atoms. The van der Waals surface area contributed by atoms with Gasteiger partial charge in [-0.3, -0.25) is 14.4 Å². The summed E-state index contributed by atoms with van der Waals surface area (Å²) in [6.07, 6.45) is 93.5. The fourth-order valence-corrected chi connectivity index (χ4v) is 10.8. The normalized spacial score (nSPS) is 12.5. The average Bonchev–Trinajstić information content (AvgIpc) is 3.49. The smallest absolute Gasteiger partial charge is 0.306 e. The molecule has 0 aromatic rings. The fourth-order valence-electron chi connectivity index (χ4n) is 10.8. The highest BCUT2D eigenvalue weighted by molar-refractivity contribution is 5.71. The minimum atomic E-state index is -0.777. The Kier molecular flexibility index (Phi) is 68.6. The van der Waals surface area contributed by atoms with E-state index in [9.17, 15) is 14.4 Å². The lowest BCUT2D eigenvalue weighted by Gasteiger charge is -2.18. The molecule has 482 valence electrons. The number of allylic oxidation sites excluding steroid dienone is 12. The average molecular weight is 1160 g/mol. The lowest BCUT2D eigenvalue weighted by atomic mass is 10.0. The third-order valence-electron chi connectivity index (χ3n) is 16.2. The Morgan fingerprint density at radius 2 is 0.470 bits per heavy atom. The molecule has 0 aliphatic heterocycles. The Labute approximate surface area is 516 Å². The van der Waals surface area contributed by atoms with Crippen LogP contribution in [0, 0.1) is 0 Å². The largest absolute Gasteiger partial charge is 0.462 e. The molecule has 0 aromatic carbocycles. The predicted octanol–water partition coefficient (Wildman–Crippen LogP) is 25.2. The van der Waals surface area contributed by atoms with E-state index in [1.54, 1.807) is 0 Å². The topological polar surface area (TPSA) is 78.9 Å². The summed E-state index contributed by atoms with van der Waals surface area (Å²) >= 11 is 0. The lowest BCUT2D eigenvalue weighted by molar-refractivity contribution is -0.167. The number of carbonyl (C=O) groups is 3. The molecule has 0 aliphatic carbocycles. The molecule has 0 aliphatic rings. The number of hydrogen-bond donors (Lipinski definition) is 0. The van der Waals surface area contributed by atoms with Crippen LogP contribution in [0.1, 0.15) is 380 Å². The standard InChI is InChI=1S/C77H138O6/c1-4-7-10-13-16-19-22-25-28-31-33-35-37-38-40-41-43-46-49-52-55-58-61-64-67-70-76(79)82-73-74(72-81-75(78)69-66-63-60-57-54-51-48-45-30-27-24-21-18-15-12-9-6-3)83-77(80)71-68-65-62-59-56-53-50-47-44-42-39-36-34-32-29-26-23-20-17-14-11-8-5-2/h7,10,16,19,23,25-26,28,32-35,74H,4-6,8-9,11-15,17-18,20-22,24,27,29-31,36-73H2,1-3H3/b10-7-,19-16-,26-23-,28-25-,34-32-,35-33-. The summed E-state index contributed by atoms with van der Waals surface area (Å²) in [5, 5.41) is 0. The first-order chi connectivity index (χ1) is 41.0. The summed E-state index contributed by atoms with van der Waals surface area (Å²) in [7, 11) is 0. The Morgan fingerprint density at radius 3 is 0.735 bits per heavy atom. The summed E-state index contributed by atoms with van der Waals surface area (Å²) < 4.78 is 17.0. The molecule has 0 radical (unpaired) electrons. The summed E-state index contributed by atoms with van der Waals surface area (Å²) in [5.74, 6) is -0.850. The van der Waals surface area contributed by atoms with E-state index < -0.39 is 6.10 Å².